The molecule has 7 heteroatoms. The van der Waals surface area contributed by atoms with E-state index in [1.54, 1.807) is 35.2 Å². The third-order valence-corrected chi connectivity index (χ3v) is 3.56. The van der Waals surface area contributed by atoms with Gasteiger partial charge in [0.2, 0.25) is 0 Å². The number of hydrogen-bond donors (Lipinski definition) is 1. The summed E-state index contributed by atoms with van der Waals surface area (Å²) in [6, 6.07) is 7.11. The van der Waals surface area contributed by atoms with Gasteiger partial charge in [-0.25, -0.2) is 4.98 Å². The van der Waals surface area contributed by atoms with Crippen molar-refractivity contribution in [1.29, 1.82) is 0 Å². The molecule has 112 valence electrons. The highest BCUT2D eigenvalue weighted by Gasteiger charge is 2.07. The van der Waals surface area contributed by atoms with Crippen molar-refractivity contribution in [3.63, 3.8) is 0 Å². The maximum absolute atomic E-state index is 12.0. The molecule has 0 atom stereocenters. The largest absolute Gasteiger partial charge is 0.305 e. The number of fused-ring (bicyclic) bond motifs is 1. The Labute approximate surface area is 136 Å². The minimum atomic E-state index is -0.218. The highest BCUT2D eigenvalue weighted by molar-refractivity contribution is 6.50. The Morgan fingerprint density at radius 2 is 2.18 bits per heavy atom. The quantitative estimate of drug-likeness (QED) is 0.745. The van der Waals surface area contributed by atoms with Gasteiger partial charge in [0.25, 0.3) is 5.56 Å². The molecule has 0 radical (unpaired) electrons. The van der Waals surface area contributed by atoms with E-state index >= 15 is 0 Å². The first-order chi connectivity index (χ1) is 10.7. The Balaban J connectivity index is 1.98. The van der Waals surface area contributed by atoms with Crippen molar-refractivity contribution >= 4 is 45.2 Å². The molecule has 1 aromatic carbocycles. The Bertz CT molecular complexity index is 898. The van der Waals surface area contributed by atoms with Gasteiger partial charge >= 0.3 is 0 Å². The predicted octanol–water partition coefficient (Wildman–Crippen LogP) is 3.10. The lowest BCUT2D eigenvalue weighted by molar-refractivity contribution is 0.664. The second-order valence-corrected chi connectivity index (χ2v) is 5.43. The molecule has 0 saturated heterocycles. The van der Waals surface area contributed by atoms with Crippen LogP contribution in [0.5, 0.6) is 0 Å². The number of hydrogen-bond acceptors (Lipinski definition) is 3. The van der Waals surface area contributed by atoms with Gasteiger partial charge in [0.1, 0.15) is 0 Å². The first kappa shape index (κ1) is 14.8. The van der Waals surface area contributed by atoms with Crippen molar-refractivity contribution in [2.24, 2.45) is 0 Å². The van der Waals surface area contributed by atoms with E-state index in [0.29, 0.717) is 34.2 Å². The lowest BCUT2D eigenvalue weighted by Crippen LogP contribution is -2.10. The van der Waals surface area contributed by atoms with Gasteiger partial charge in [-0.1, -0.05) is 23.7 Å². The summed E-state index contributed by atoms with van der Waals surface area (Å²) < 4.78 is 1.72. The average molecular weight is 335 g/mol. The summed E-state index contributed by atoms with van der Waals surface area (Å²) in [6.07, 6.45) is 5.20. The Kier molecular flexibility index (Phi) is 4.27. The van der Waals surface area contributed by atoms with Crippen LogP contribution in [0.15, 0.2) is 41.5 Å². The van der Waals surface area contributed by atoms with Gasteiger partial charge in [0, 0.05) is 17.6 Å². The van der Waals surface area contributed by atoms with Gasteiger partial charge in [-0.15, -0.1) is 11.6 Å². The lowest BCUT2D eigenvalue weighted by Gasteiger charge is -2.01. The van der Waals surface area contributed by atoms with Gasteiger partial charge < -0.3 is 4.98 Å². The zero-order valence-electron chi connectivity index (χ0n) is 11.5. The monoisotopic (exact) mass is 334 g/mol. The Morgan fingerprint density at radius 1 is 1.36 bits per heavy atom. The molecule has 0 aliphatic carbocycles. The molecule has 2 heterocycles. The summed E-state index contributed by atoms with van der Waals surface area (Å²) in [5, 5.41) is 5.03. The molecule has 1 N–H and O–H groups in total. The fourth-order valence-electron chi connectivity index (χ4n) is 2.08. The molecule has 0 aliphatic rings. The van der Waals surface area contributed by atoms with Crippen LogP contribution in [0.1, 0.15) is 11.4 Å². The average Bonchev–Trinajstić information content (AvgIpc) is 2.95. The summed E-state index contributed by atoms with van der Waals surface area (Å²) in [7, 11) is 0. The number of halogens is 2. The van der Waals surface area contributed by atoms with Crippen molar-refractivity contribution in [3.05, 3.63) is 58.4 Å². The van der Waals surface area contributed by atoms with E-state index in [9.17, 15) is 4.79 Å². The van der Waals surface area contributed by atoms with Gasteiger partial charge in [-0.3, -0.25) is 9.48 Å². The van der Waals surface area contributed by atoms with Crippen LogP contribution in [-0.4, -0.2) is 25.6 Å². The molecule has 3 rings (SSSR count). The summed E-state index contributed by atoms with van der Waals surface area (Å²) >= 11 is 11.9. The van der Waals surface area contributed by atoms with Crippen molar-refractivity contribution in [1.82, 2.24) is 19.7 Å². The van der Waals surface area contributed by atoms with Gasteiger partial charge in [0.05, 0.1) is 28.7 Å². The van der Waals surface area contributed by atoms with Crippen LogP contribution < -0.4 is 5.56 Å². The number of rotatable bonds is 4. The van der Waals surface area contributed by atoms with Crippen LogP contribution in [0.25, 0.3) is 22.0 Å². The van der Waals surface area contributed by atoms with E-state index in [2.05, 4.69) is 15.1 Å². The zero-order valence-corrected chi connectivity index (χ0v) is 13.0. The highest BCUT2D eigenvalue weighted by Crippen LogP contribution is 2.19. The summed E-state index contributed by atoms with van der Waals surface area (Å²) in [5.74, 6) is 0.813. The summed E-state index contributed by atoms with van der Waals surface area (Å²) in [5.41, 5.74) is 1.20. The fourth-order valence-corrected chi connectivity index (χ4v) is 2.47. The highest BCUT2D eigenvalue weighted by atomic mass is 35.5. The van der Waals surface area contributed by atoms with Crippen molar-refractivity contribution < 1.29 is 0 Å². The van der Waals surface area contributed by atoms with Crippen LogP contribution in [0.3, 0.4) is 0 Å². The number of benzene rings is 1. The van der Waals surface area contributed by atoms with E-state index in [1.165, 1.54) is 0 Å². The van der Waals surface area contributed by atoms with Crippen LogP contribution in [0, 0.1) is 0 Å². The van der Waals surface area contributed by atoms with Crippen molar-refractivity contribution in [3.8, 4) is 0 Å². The van der Waals surface area contributed by atoms with E-state index < -0.39 is 0 Å². The van der Waals surface area contributed by atoms with E-state index in [-0.39, 0.29) is 5.56 Å². The van der Waals surface area contributed by atoms with Gasteiger partial charge in [-0.05, 0) is 18.2 Å². The molecular weight excluding hydrogens is 323 g/mol. The first-order valence-corrected chi connectivity index (χ1v) is 7.53. The maximum atomic E-state index is 12.0. The number of para-hydroxylation sites is 1. The van der Waals surface area contributed by atoms with Crippen LogP contribution in [-0.2, 0) is 6.54 Å². The standard InChI is InChI=1S/C15H12Cl2N4O/c16-5-6-21-9-10(8-18-21)7-12(17)14-19-13-4-2-1-3-11(13)15(22)20-14/h1-4,7-9H,5-6H2,(H,19,20,22). The second-order valence-electron chi connectivity index (χ2n) is 4.65. The van der Waals surface area contributed by atoms with E-state index in [4.69, 9.17) is 23.2 Å². The molecule has 0 aliphatic heterocycles. The Hall–Kier alpha value is -2.11. The number of alkyl halides is 1. The van der Waals surface area contributed by atoms with Crippen LogP contribution in [0.2, 0.25) is 0 Å². The lowest BCUT2D eigenvalue weighted by atomic mass is 10.2. The SMILES string of the molecule is O=c1[nH]c(C(Cl)=Cc2cnn(CCCl)c2)nc2ccccc12. The molecule has 0 spiro atoms. The topological polar surface area (TPSA) is 63.6 Å². The molecule has 3 aromatic rings. The number of H-pyrrole nitrogens is 1. The zero-order chi connectivity index (χ0) is 15.5. The molecule has 0 fully saturated rings. The first-order valence-electron chi connectivity index (χ1n) is 6.62. The number of aromatic nitrogens is 4. The van der Waals surface area contributed by atoms with Crippen molar-refractivity contribution in [2.75, 3.05) is 5.88 Å². The number of aromatic amines is 1. The molecule has 0 bridgehead atoms. The smallest absolute Gasteiger partial charge is 0.259 e. The molecule has 0 amide bonds. The molecule has 2 aromatic heterocycles. The van der Waals surface area contributed by atoms with E-state index in [0.717, 1.165) is 5.56 Å². The normalized spacial score (nSPS) is 12.0. The molecule has 22 heavy (non-hydrogen) atoms. The number of aryl methyl sites for hydroxylation is 1. The van der Waals surface area contributed by atoms with Gasteiger partial charge in [-0.2, -0.15) is 5.10 Å². The number of nitrogens with one attached hydrogen (secondary N) is 1. The molecule has 5 nitrogen and oxygen atoms in total. The second kappa shape index (κ2) is 6.34. The van der Waals surface area contributed by atoms with E-state index in [1.807, 2.05) is 12.3 Å². The minimum Gasteiger partial charge on any atom is -0.305 e. The van der Waals surface area contributed by atoms with Crippen molar-refractivity contribution in [2.45, 2.75) is 6.54 Å². The Morgan fingerprint density at radius 3 is 3.00 bits per heavy atom. The molecular formula is C15H12Cl2N4O. The summed E-state index contributed by atoms with van der Waals surface area (Å²) in [6.45, 7) is 0.623. The van der Waals surface area contributed by atoms with Crippen LogP contribution in [0.4, 0.5) is 0 Å². The molecule has 0 unspecified atom stereocenters. The number of nitrogens with zero attached hydrogens (tertiary/aromatic N) is 3. The fraction of sp³-hybridized carbons (Fsp3) is 0.133. The summed E-state index contributed by atoms with van der Waals surface area (Å²) in [4.78, 5) is 19.1. The predicted molar refractivity (Wildman–Crippen MR) is 89.0 cm³/mol. The maximum Gasteiger partial charge on any atom is 0.259 e. The third kappa shape index (κ3) is 3.05. The molecule has 0 saturated carbocycles. The minimum absolute atomic E-state index is 0.218. The van der Waals surface area contributed by atoms with Crippen LogP contribution >= 0.6 is 23.2 Å². The third-order valence-electron chi connectivity index (χ3n) is 3.10. The van der Waals surface area contributed by atoms with Gasteiger partial charge in [0.15, 0.2) is 5.82 Å².